The molecule has 2 saturated heterocycles. The van der Waals surface area contributed by atoms with Crippen LogP contribution >= 0.6 is 0 Å². The highest BCUT2D eigenvalue weighted by molar-refractivity contribution is 6.00. The highest BCUT2D eigenvalue weighted by atomic mass is 19.1. The molecule has 5 nitrogen and oxygen atoms in total. The summed E-state index contributed by atoms with van der Waals surface area (Å²) in [5, 5.41) is 0. The van der Waals surface area contributed by atoms with Crippen LogP contribution in [0.2, 0.25) is 0 Å². The van der Waals surface area contributed by atoms with E-state index in [1.807, 2.05) is 9.80 Å². The fourth-order valence-electron chi connectivity index (χ4n) is 3.56. The van der Waals surface area contributed by atoms with Gasteiger partial charge in [0.15, 0.2) is 5.78 Å². The van der Waals surface area contributed by atoms with E-state index in [1.54, 1.807) is 12.1 Å². The molecule has 1 amide bonds. The standard InChI is InChI=1S/C18H23FN2O3/c1-13(22)17-15(19)5-2-6-16(17)21-7-3-4-14(12-21)18(23)20-8-10-24-11-9-20/h2,5-6,14H,3-4,7-12H2,1H3. The summed E-state index contributed by atoms with van der Waals surface area (Å²) in [5.74, 6) is -0.755. The zero-order valence-electron chi connectivity index (χ0n) is 14.0. The van der Waals surface area contributed by atoms with Crippen LogP contribution in [0.5, 0.6) is 0 Å². The molecular weight excluding hydrogens is 311 g/mol. The number of carbonyl (C=O) groups is 2. The van der Waals surface area contributed by atoms with Crippen LogP contribution in [0.1, 0.15) is 30.1 Å². The van der Waals surface area contributed by atoms with E-state index in [1.165, 1.54) is 13.0 Å². The molecule has 0 bridgehead atoms. The summed E-state index contributed by atoms with van der Waals surface area (Å²) in [6.07, 6.45) is 1.69. The SMILES string of the molecule is CC(=O)c1c(F)cccc1N1CCCC(C(=O)N2CCOCC2)C1. The quantitative estimate of drug-likeness (QED) is 0.795. The van der Waals surface area contributed by atoms with E-state index < -0.39 is 5.82 Å². The van der Waals surface area contributed by atoms with Gasteiger partial charge in [-0.25, -0.2) is 4.39 Å². The van der Waals surface area contributed by atoms with Crippen LogP contribution in [-0.4, -0.2) is 56.0 Å². The van der Waals surface area contributed by atoms with Crippen LogP contribution in [0.3, 0.4) is 0 Å². The second-order valence-electron chi connectivity index (χ2n) is 6.41. The molecule has 0 radical (unpaired) electrons. The number of Topliss-reactive ketones (excluding diaryl/α,β-unsaturated/α-hetero) is 1. The molecule has 1 aromatic carbocycles. The van der Waals surface area contributed by atoms with E-state index in [2.05, 4.69) is 0 Å². The van der Waals surface area contributed by atoms with E-state index >= 15 is 0 Å². The maximum atomic E-state index is 14.1. The van der Waals surface area contributed by atoms with Crippen LogP contribution < -0.4 is 4.90 Å². The molecule has 130 valence electrons. The Balaban J connectivity index is 1.77. The molecule has 1 unspecified atom stereocenters. The van der Waals surface area contributed by atoms with Crippen molar-refractivity contribution < 1.29 is 18.7 Å². The molecular formula is C18H23FN2O3. The molecule has 2 heterocycles. The van der Waals surface area contributed by atoms with E-state index in [-0.39, 0.29) is 23.2 Å². The van der Waals surface area contributed by atoms with Crippen LogP contribution in [0.15, 0.2) is 18.2 Å². The fourth-order valence-corrected chi connectivity index (χ4v) is 3.56. The van der Waals surface area contributed by atoms with Gasteiger partial charge < -0.3 is 14.5 Å². The summed E-state index contributed by atoms with van der Waals surface area (Å²) >= 11 is 0. The number of piperidine rings is 1. The van der Waals surface area contributed by atoms with Crippen molar-refractivity contribution in [1.29, 1.82) is 0 Å². The molecule has 6 heteroatoms. The summed E-state index contributed by atoms with van der Waals surface area (Å²) in [6.45, 7) is 5.07. The van der Waals surface area contributed by atoms with Crippen molar-refractivity contribution in [2.24, 2.45) is 5.92 Å². The van der Waals surface area contributed by atoms with Crippen molar-refractivity contribution in [2.75, 3.05) is 44.3 Å². The number of nitrogens with zero attached hydrogens (tertiary/aromatic N) is 2. The van der Waals surface area contributed by atoms with Crippen LogP contribution in [-0.2, 0) is 9.53 Å². The Bertz CT molecular complexity index is 629. The number of amides is 1. The Morgan fingerprint density at radius 3 is 2.67 bits per heavy atom. The van der Waals surface area contributed by atoms with Gasteiger partial charge in [0.2, 0.25) is 5.91 Å². The zero-order chi connectivity index (χ0) is 17.1. The maximum absolute atomic E-state index is 14.1. The molecule has 1 aromatic rings. The third-order valence-electron chi connectivity index (χ3n) is 4.78. The summed E-state index contributed by atoms with van der Waals surface area (Å²) in [4.78, 5) is 28.4. The molecule has 0 aromatic heterocycles. The van der Waals surface area contributed by atoms with Crippen molar-refractivity contribution in [3.05, 3.63) is 29.6 Å². The van der Waals surface area contributed by atoms with Crippen LogP contribution in [0.4, 0.5) is 10.1 Å². The van der Waals surface area contributed by atoms with Crippen molar-refractivity contribution in [3.63, 3.8) is 0 Å². The Morgan fingerprint density at radius 2 is 1.96 bits per heavy atom. The number of hydrogen-bond acceptors (Lipinski definition) is 4. The number of rotatable bonds is 3. The van der Waals surface area contributed by atoms with E-state index in [4.69, 9.17) is 4.74 Å². The molecule has 2 aliphatic rings. The first-order chi connectivity index (χ1) is 11.6. The van der Waals surface area contributed by atoms with Gasteiger partial charge in [-0.05, 0) is 31.9 Å². The van der Waals surface area contributed by atoms with Gasteiger partial charge in [-0.15, -0.1) is 0 Å². The van der Waals surface area contributed by atoms with Gasteiger partial charge >= 0.3 is 0 Å². The van der Waals surface area contributed by atoms with E-state index in [9.17, 15) is 14.0 Å². The number of benzene rings is 1. The fraction of sp³-hybridized carbons (Fsp3) is 0.556. The minimum Gasteiger partial charge on any atom is -0.378 e. The van der Waals surface area contributed by atoms with E-state index in [0.29, 0.717) is 38.5 Å². The molecule has 2 aliphatic heterocycles. The van der Waals surface area contributed by atoms with Crippen LogP contribution in [0.25, 0.3) is 0 Å². The molecule has 1 atom stereocenters. The number of halogens is 1. The Hall–Kier alpha value is -1.95. The normalized spacial score (nSPS) is 21.7. The topological polar surface area (TPSA) is 49.9 Å². The predicted octanol–water partition coefficient (Wildman–Crippen LogP) is 2.10. The smallest absolute Gasteiger partial charge is 0.227 e. The number of ether oxygens (including phenoxy) is 1. The third kappa shape index (κ3) is 3.43. The summed E-state index contributed by atoms with van der Waals surface area (Å²) < 4.78 is 19.4. The number of carbonyl (C=O) groups excluding carboxylic acids is 2. The molecule has 3 rings (SSSR count). The lowest BCUT2D eigenvalue weighted by Crippen LogP contribution is -2.48. The van der Waals surface area contributed by atoms with Gasteiger partial charge in [-0.2, -0.15) is 0 Å². The van der Waals surface area contributed by atoms with Gasteiger partial charge in [-0.1, -0.05) is 6.07 Å². The van der Waals surface area contributed by atoms with Gasteiger partial charge in [0.25, 0.3) is 0 Å². The molecule has 24 heavy (non-hydrogen) atoms. The maximum Gasteiger partial charge on any atom is 0.227 e. The van der Waals surface area contributed by atoms with Crippen molar-refractivity contribution in [3.8, 4) is 0 Å². The van der Waals surface area contributed by atoms with Crippen molar-refractivity contribution in [2.45, 2.75) is 19.8 Å². The van der Waals surface area contributed by atoms with Gasteiger partial charge in [0.05, 0.1) is 30.4 Å². The van der Waals surface area contributed by atoms with Gasteiger partial charge in [0.1, 0.15) is 5.82 Å². The first-order valence-electron chi connectivity index (χ1n) is 8.49. The monoisotopic (exact) mass is 334 g/mol. The number of anilines is 1. The second kappa shape index (κ2) is 7.30. The zero-order valence-corrected chi connectivity index (χ0v) is 14.0. The minimum absolute atomic E-state index is 0.111. The highest BCUT2D eigenvalue weighted by Crippen LogP contribution is 2.29. The van der Waals surface area contributed by atoms with E-state index in [0.717, 1.165) is 19.4 Å². The molecule has 0 spiro atoms. The number of morpholine rings is 1. The lowest BCUT2D eigenvalue weighted by molar-refractivity contribution is -0.139. The first-order valence-corrected chi connectivity index (χ1v) is 8.49. The predicted molar refractivity (Wildman–Crippen MR) is 88.7 cm³/mol. The average Bonchev–Trinajstić information content (AvgIpc) is 2.61. The summed E-state index contributed by atoms with van der Waals surface area (Å²) in [7, 11) is 0. The third-order valence-corrected chi connectivity index (χ3v) is 4.78. The van der Waals surface area contributed by atoms with Crippen molar-refractivity contribution in [1.82, 2.24) is 4.90 Å². The van der Waals surface area contributed by atoms with Crippen LogP contribution in [0, 0.1) is 11.7 Å². The lowest BCUT2D eigenvalue weighted by Gasteiger charge is -2.37. The summed E-state index contributed by atoms with van der Waals surface area (Å²) in [5.41, 5.74) is 0.721. The number of hydrogen-bond donors (Lipinski definition) is 0. The Labute approximate surface area is 141 Å². The van der Waals surface area contributed by atoms with Gasteiger partial charge in [-0.3, -0.25) is 9.59 Å². The lowest BCUT2D eigenvalue weighted by atomic mass is 9.94. The summed E-state index contributed by atoms with van der Waals surface area (Å²) in [6, 6.07) is 4.69. The Kier molecular flexibility index (Phi) is 5.14. The first kappa shape index (κ1) is 16.9. The molecule has 0 N–H and O–H groups in total. The average molecular weight is 334 g/mol. The number of ketones is 1. The molecule has 2 fully saturated rings. The van der Waals surface area contributed by atoms with Gasteiger partial charge in [0, 0.05) is 26.2 Å². The molecule has 0 aliphatic carbocycles. The largest absolute Gasteiger partial charge is 0.378 e. The Morgan fingerprint density at radius 1 is 1.21 bits per heavy atom. The minimum atomic E-state index is -0.498. The highest BCUT2D eigenvalue weighted by Gasteiger charge is 2.31. The molecule has 0 saturated carbocycles. The van der Waals surface area contributed by atoms with Crippen molar-refractivity contribution >= 4 is 17.4 Å². The second-order valence-corrected chi connectivity index (χ2v) is 6.41.